The number of aryl methyl sites for hydroxylation is 1. The molecule has 0 saturated heterocycles. The molecule has 1 aromatic heterocycles. The van der Waals surface area contributed by atoms with Crippen molar-refractivity contribution < 1.29 is 0 Å². The third-order valence-electron chi connectivity index (χ3n) is 3.86. The lowest BCUT2D eigenvalue weighted by atomic mass is 10.1. The van der Waals surface area contributed by atoms with Crippen LogP contribution in [0.4, 0.5) is 0 Å². The molecule has 0 fully saturated rings. The fourth-order valence-electron chi connectivity index (χ4n) is 2.63. The van der Waals surface area contributed by atoms with E-state index in [1.165, 1.54) is 12.6 Å². The van der Waals surface area contributed by atoms with Crippen LogP contribution in [0.2, 0.25) is 0 Å². The maximum atomic E-state index is 11.8. The molecule has 0 aliphatic rings. The molecule has 0 aliphatic carbocycles. The van der Waals surface area contributed by atoms with Crippen LogP contribution in [-0.2, 0) is 6.54 Å². The summed E-state index contributed by atoms with van der Waals surface area (Å²) in [5, 5.41) is 8.60. The number of fused-ring (bicyclic) bond motifs is 1. The summed E-state index contributed by atoms with van der Waals surface area (Å²) in [5.74, 6) is 0. The molecule has 0 radical (unpaired) electrons. The molecule has 1 N–H and O–H groups in total. The molecule has 2 rings (SSSR count). The van der Waals surface area contributed by atoms with E-state index in [0.717, 1.165) is 43.3 Å². The number of hydrogen-bond acceptors (Lipinski definition) is 3. The van der Waals surface area contributed by atoms with Crippen LogP contribution in [0.15, 0.2) is 35.3 Å². The molecule has 0 amide bonds. The fraction of sp³-hybridized carbons (Fsp3) is 0.529. The molecular formula is C17H25N3O. The highest BCUT2D eigenvalue weighted by atomic mass is 16.1. The molecule has 2 aromatic rings. The highest BCUT2D eigenvalue weighted by molar-refractivity contribution is 5.77. The lowest BCUT2D eigenvalue weighted by Crippen LogP contribution is -2.29. The number of rotatable bonds is 8. The smallest absolute Gasteiger partial charge is 0.207 e. The maximum absolute atomic E-state index is 11.8. The van der Waals surface area contributed by atoms with Gasteiger partial charge in [-0.25, -0.2) is 0 Å². The SMILES string of the molecule is CCCNC(CC)CCCn1ncc(=O)c2ccccc21. The Balaban J connectivity index is 2.01. The van der Waals surface area contributed by atoms with E-state index in [4.69, 9.17) is 0 Å². The monoisotopic (exact) mass is 287 g/mol. The Morgan fingerprint density at radius 2 is 2.10 bits per heavy atom. The summed E-state index contributed by atoms with van der Waals surface area (Å²) in [4.78, 5) is 11.8. The molecule has 1 unspecified atom stereocenters. The van der Waals surface area contributed by atoms with Gasteiger partial charge in [-0.15, -0.1) is 0 Å². The minimum absolute atomic E-state index is 0.00195. The van der Waals surface area contributed by atoms with Crippen molar-refractivity contribution in [1.82, 2.24) is 15.1 Å². The summed E-state index contributed by atoms with van der Waals surface area (Å²) in [6.07, 6.45) is 5.95. The third-order valence-corrected chi connectivity index (χ3v) is 3.86. The van der Waals surface area contributed by atoms with Gasteiger partial charge in [-0.05, 0) is 44.4 Å². The summed E-state index contributed by atoms with van der Waals surface area (Å²) in [6.45, 7) is 6.35. The standard InChI is InChI=1S/C17H25N3O/c1-3-11-18-14(4-2)8-7-12-20-16-10-6-5-9-15(16)17(21)13-19-20/h5-6,9-10,13-14,18H,3-4,7-8,11-12H2,1-2H3. The summed E-state index contributed by atoms with van der Waals surface area (Å²) in [5.41, 5.74) is 0.928. The van der Waals surface area contributed by atoms with Crippen molar-refractivity contribution in [3.8, 4) is 0 Å². The first-order chi connectivity index (χ1) is 10.3. The summed E-state index contributed by atoms with van der Waals surface area (Å²) in [6, 6.07) is 8.27. The van der Waals surface area contributed by atoms with Gasteiger partial charge in [-0.1, -0.05) is 26.0 Å². The van der Waals surface area contributed by atoms with Crippen molar-refractivity contribution in [2.75, 3.05) is 6.54 Å². The highest BCUT2D eigenvalue weighted by Crippen LogP contribution is 2.10. The predicted octanol–water partition coefficient (Wildman–Crippen LogP) is 2.95. The van der Waals surface area contributed by atoms with Crippen LogP contribution in [-0.4, -0.2) is 22.4 Å². The molecule has 4 nitrogen and oxygen atoms in total. The predicted molar refractivity (Wildman–Crippen MR) is 87.6 cm³/mol. The van der Waals surface area contributed by atoms with Crippen LogP contribution >= 0.6 is 0 Å². The van der Waals surface area contributed by atoms with Gasteiger partial charge in [0, 0.05) is 18.0 Å². The van der Waals surface area contributed by atoms with Gasteiger partial charge in [-0.2, -0.15) is 5.10 Å². The Labute approximate surface area is 126 Å². The minimum atomic E-state index is -0.00195. The number of para-hydroxylation sites is 1. The quantitative estimate of drug-likeness (QED) is 0.812. The minimum Gasteiger partial charge on any atom is -0.314 e. The van der Waals surface area contributed by atoms with Crippen molar-refractivity contribution in [3.05, 3.63) is 40.7 Å². The Hall–Kier alpha value is -1.68. The molecule has 1 heterocycles. The Kier molecular flexibility index (Phi) is 5.93. The second-order valence-corrected chi connectivity index (χ2v) is 5.45. The first-order valence-corrected chi connectivity index (χ1v) is 7.94. The van der Waals surface area contributed by atoms with Gasteiger partial charge < -0.3 is 5.32 Å². The van der Waals surface area contributed by atoms with E-state index in [0.29, 0.717) is 6.04 Å². The van der Waals surface area contributed by atoms with Gasteiger partial charge in [-0.3, -0.25) is 9.48 Å². The van der Waals surface area contributed by atoms with E-state index < -0.39 is 0 Å². The van der Waals surface area contributed by atoms with E-state index >= 15 is 0 Å². The molecule has 114 valence electrons. The molecule has 1 aromatic carbocycles. The molecular weight excluding hydrogens is 262 g/mol. The Morgan fingerprint density at radius 3 is 2.86 bits per heavy atom. The van der Waals surface area contributed by atoms with Crippen molar-refractivity contribution in [1.29, 1.82) is 0 Å². The van der Waals surface area contributed by atoms with Crippen molar-refractivity contribution in [2.45, 2.75) is 52.1 Å². The van der Waals surface area contributed by atoms with Crippen LogP contribution < -0.4 is 10.7 Å². The van der Waals surface area contributed by atoms with E-state index in [9.17, 15) is 4.79 Å². The van der Waals surface area contributed by atoms with Gasteiger partial charge in [0.2, 0.25) is 5.43 Å². The molecule has 0 bridgehead atoms. The fourth-order valence-corrected chi connectivity index (χ4v) is 2.63. The molecule has 0 aliphatic heterocycles. The maximum Gasteiger partial charge on any atom is 0.207 e. The van der Waals surface area contributed by atoms with E-state index in [-0.39, 0.29) is 5.43 Å². The van der Waals surface area contributed by atoms with Gasteiger partial charge in [0.1, 0.15) is 0 Å². The van der Waals surface area contributed by atoms with Crippen LogP contribution in [0.5, 0.6) is 0 Å². The lowest BCUT2D eigenvalue weighted by Gasteiger charge is -2.17. The summed E-state index contributed by atoms with van der Waals surface area (Å²) >= 11 is 0. The molecule has 4 heteroatoms. The Morgan fingerprint density at radius 1 is 1.29 bits per heavy atom. The zero-order valence-electron chi connectivity index (χ0n) is 13.0. The van der Waals surface area contributed by atoms with Crippen LogP contribution in [0.3, 0.4) is 0 Å². The van der Waals surface area contributed by atoms with E-state index in [2.05, 4.69) is 24.3 Å². The van der Waals surface area contributed by atoms with Crippen LogP contribution in [0.25, 0.3) is 10.9 Å². The Bertz CT molecular complexity index is 621. The summed E-state index contributed by atoms with van der Waals surface area (Å²) < 4.78 is 1.95. The second kappa shape index (κ2) is 7.93. The number of nitrogens with one attached hydrogen (secondary N) is 1. The third kappa shape index (κ3) is 4.14. The normalized spacial score (nSPS) is 12.7. The first kappa shape index (κ1) is 15.7. The zero-order valence-corrected chi connectivity index (χ0v) is 13.0. The van der Waals surface area contributed by atoms with Gasteiger partial charge >= 0.3 is 0 Å². The topological polar surface area (TPSA) is 46.9 Å². The number of nitrogens with zero attached hydrogens (tertiary/aromatic N) is 2. The second-order valence-electron chi connectivity index (χ2n) is 5.45. The number of aromatic nitrogens is 2. The molecule has 21 heavy (non-hydrogen) atoms. The first-order valence-electron chi connectivity index (χ1n) is 7.94. The van der Waals surface area contributed by atoms with Crippen LogP contribution in [0, 0.1) is 0 Å². The molecule has 0 saturated carbocycles. The van der Waals surface area contributed by atoms with Crippen LogP contribution in [0.1, 0.15) is 39.5 Å². The average molecular weight is 287 g/mol. The largest absolute Gasteiger partial charge is 0.314 e. The number of hydrogen-bond donors (Lipinski definition) is 1. The van der Waals surface area contributed by atoms with Crippen molar-refractivity contribution in [3.63, 3.8) is 0 Å². The van der Waals surface area contributed by atoms with Crippen molar-refractivity contribution in [2.24, 2.45) is 0 Å². The molecule has 1 atom stereocenters. The number of benzene rings is 1. The molecule has 0 spiro atoms. The zero-order chi connectivity index (χ0) is 15.1. The van der Waals surface area contributed by atoms with E-state index in [1.807, 2.05) is 28.9 Å². The van der Waals surface area contributed by atoms with E-state index in [1.54, 1.807) is 0 Å². The van der Waals surface area contributed by atoms with Gasteiger partial charge in [0.25, 0.3) is 0 Å². The average Bonchev–Trinajstić information content (AvgIpc) is 2.53. The van der Waals surface area contributed by atoms with Crippen molar-refractivity contribution >= 4 is 10.9 Å². The lowest BCUT2D eigenvalue weighted by molar-refractivity contribution is 0.433. The van der Waals surface area contributed by atoms with Gasteiger partial charge in [0.15, 0.2) is 0 Å². The summed E-state index contributed by atoms with van der Waals surface area (Å²) in [7, 11) is 0. The van der Waals surface area contributed by atoms with Gasteiger partial charge in [0.05, 0.1) is 11.7 Å². The highest BCUT2D eigenvalue weighted by Gasteiger charge is 2.06.